The van der Waals surface area contributed by atoms with E-state index in [4.69, 9.17) is 4.74 Å². The molecule has 1 aromatic carbocycles. The van der Waals surface area contributed by atoms with Crippen molar-refractivity contribution in [2.45, 2.75) is 6.92 Å². The van der Waals surface area contributed by atoms with Crippen molar-refractivity contribution in [3.63, 3.8) is 0 Å². The summed E-state index contributed by atoms with van der Waals surface area (Å²) in [6.45, 7) is 4.39. The molecule has 2 amide bonds. The summed E-state index contributed by atoms with van der Waals surface area (Å²) in [5.74, 6) is -1.05. The topological polar surface area (TPSA) is 127 Å². The summed E-state index contributed by atoms with van der Waals surface area (Å²) in [6.07, 6.45) is 0. The highest BCUT2D eigenvalue weighted by molar-refractivity contribution is 7.17. The molecule has 1 fully saturated rings. The molecule has 0 saturated carbocycles. The first-order valence-electron chi connectivity index (χ1n) is 8.11. The van der Waals surface area contributed by atoms with E-state index in [2.05, 4.69) is 15.8 Å². The molecule has 2 heterocycles. The quantitative estimate of drug-likeness (QED) is 0.593. The third kappa shape index (κ3) is 4.38. The smallest absolute Gasteiger partial charge is 0.281 e. The lowest BCUT2D eigenvalue weighted by Crippen LogP contribution is -2.41. The second-order valence-electron chi connectivity index (χ2n) is 5.72. The number of non-ortho nitro benzene ring substituents is 1. The number of morpholine rings is 1. The Labute approximate surface area is 158 Å². The number of carbonyl (C=O) groups is 2. The van der Waals surface area contributed by atoms with Crippen molar-refractivity contribution in [2.24, 2.45) is 0 Å². The number of benzene rings is 1. The number of thiazole rings is 1. The second kappa shape index (κ2) is 8.10. The number of nitro benzene ring substituents is 1. The van der Waals surface area contributed by atoms with E-state index in [1.54, 1.807) is 6.92 Å². The van der Waals surface area contributed by atoms with Gasteiger partial charge in [0.25, 0.3) is 17.5 Å². The zero-order valence-corrected chi connectivity index (χ0v) is 15.2. The van der Waals surface area contributed by atoms with E-state index in [1.165, 1.54) is 35.6 Å². The van der Waals surface area contributed by atoms with Crippen molar-refractivity contribution in [3.05, 3.63) is 50.5 Å². The van der Waals surface area contributed by atoms with E-state index in [0.29, 0.717) is 36.9 Å². The maximum absolute atomic E-state index is 12.4. The minimum atomic E-state index is -0.575. The fourth-order valence-corrected chi connectivity index (χ4v) is 3.47. The molecule has 3 rings (SSSR count). The van der Waals surface area contributed by atoms with Crippen molar-refractivity contribution < 1.29 is 19.2 Å². The summed E-state index contributed by atoms with van der Waals surface area (Å²) in [5, 5.41) is 11.4. The number of nitrogens with one attached hydrogen (secondary N) is 2. The molecule has 0 radical (unpaired) electrons. The van der Waals surface area contributed by atoms with Crippen LogP contribution in [0.4, 0.5) is 10.8 Å². The largest absolute Gasteiger partial charge is 0.378 e. The van der Waals surface area contributed by atoms with Crippen LogP contribution in [-0.2, 0) is 4.74 Å². The number of aryl methyl sites for hydroxylation is 1. The predicted octanol–water partition coefficient (Wildman–Crippen LogP) is 1.27. The number of aromatic nitrogens is 1. The SMILES string of the molecule is Cc1nc(N2CCOCC2)sc1C(=O)NNC(=O)c1ccc([N+](=O)[O-])cc1. The van der Waals surface area contributed by atoms with Gasteiger partial charge >= 0.3 is 0 Å². The van der Waals surface area contributed by atoms with E-state index in [9.17, 15) is 19.7 Å². The number of hydrogen-bond acceptors (Lipinski definition) is 8. The molecular formula is C16H17N5O5S. The lowest BCUT2D eigenvalue weighted by atomic mass is 10.2. The minimum absolute atomic E-state index is 0.119. The van der Waals surface area contributed by atoms with Gasteiger partial charge in [0, 0.05) is 30.8 Å². The van der Waals surface area contributed by atoms with Gasteiger partial charge in [-0.05, 0) is 19.1 Å². The Morgan fingerprint density at radius 2 is 1.81 bits per heavy atom. The highest BCUT2D eigenvalue weighted by Gasteiger charge is 2.21. The molecule has 1 aliphatic heterocycles. The third-order valence-corrected chi connectivity index (χ3v) is 5.12. The van der Waals surface area contributed by atoms with Gasteiger partial charge < -0.3 is 9.64 Å². The Morgan fingerprint density at radius 3 is 2.44 bits per heavy atom. The van der Waals surface area contributed by atoms with E-state index in [-0.39, 0.29) is 11.3 Å². The standard InChI is InChI=1S/C16H17N5O5S/c1-10-13(27-16(17-10)20-6-8-26-9-7-20)15(23)19-18-14(22)11-2-4-12(5-3-11)21(24)25/h2-5H,6-9H2,1H3,(H,18,22)(H,19,23). The molecule has 0 unspecified atom stereocenters. The molecule has 0 atom stereocenters. The Kier molecular flexibility index (Phi) is 5.62. The van der Waals surface area contributed by atoms with Crippen molar-refractivity contribution in [3.8, 4) is 0 Å². The zero-order valence-electron chi connectivity index (χ0n) is 14.4. The van der Waals surface area contributed by atoms with Gasteiger partial charge in [-0.2, -0.15) is 0 Å². The van der Waals surface area contributed by atoms with Gasteiger partial charge in [0.05, 0.1) is 23.8 Å². The summed E-state index contributed by atoms with van der Waals surface area (Å²) in [5.41, 5.74) is 5.29. The van der Waals surface area contributed by atoms with Gasteiger partial charge in [0.15, 0.2) is 5.13 Å². The average molecular weight is 391 g/mol. The Balaban J connectivity index is 1.61. The molecule has 10 nitrogen and oxygen atoms in total. The van der Waals surface area contributed by atoms with E-state index in [1.807, 2.05) is 4.90 Å². The molecule has 0 aliphatic carbocycles. The van der Waals surface area contributed by atoms with Gasteiger partial charge in [0.2, 0.25) is 0 Å². The number of nitrogens with zero attached hydrogens (tertiary/aromatic N) is 3. The summed E-state index contributed by atoms with van der Waals surface area (Å²) < 4.78 is 5.30. The number of hydrogen-bond donors (Lipinski definition) is 2. The van der Waals surface area contributed by atoms with Crippen LogP contribution in [0.15, 0.2) is 24.3 Å². The molecule has 142 valence electrons. The Bertz CT molecular complexity index is 861. The molecule has 0 spiro atoms. The van der Waals surface area contributed by atoms with Crippen LogP contribution in [0.25, 0.3) is 0 Å². The molecule has 1 aliphatic rings. The van der Waals surface area contributed by atoms with Gasteiger partial charge in [-0.25, -0.2) is 4.98 Å². The fourth-order valence-electron chi connectivity index (χ4n) is 2.46. The molecule has 1 aromatic heterocycles. The van der Waals surface area contributed by atoms with Crippen molar-refractivity contribution >= 4 is 34.0 Å². The average Bonchev–Trinajstić information content (AvgIpc) is 3.08. The van der Waals surface area contributed by atoms with Crippen LogP contribution in [0.2, 0.25) is 0 Å². The third-order valence-electron chi connectivity index (χ3n) is 3.90. The first-order chi connectivity index (χ1) is 13.0. The summed E-state index contributed by atoms with van der Waals surface area (Å²) in [6, 6.07) is 5.07. The molecule has 11 heteroatoms. The summed E-state index contributed by atoms with van der Waals surface area (Å²) >= 11 is 1.25. The molecule has 0 bridgehead atoms. The highest BCUT2D eigenvalue weighted by atomic mass is 32.1. The number of ether oxygens (including phenoxy) is 1. The Hall–Kier alpha value is -3.05. The van der Waals surface area contributed by atoms with Crippen LogP contribution in [0.1, 0.15) is 25.7 Å². The molecule has 27 heavy (non-hydrogen) atoms. The number of nitro groups is 1. The van der Waals surface area contributed by atoms with Gasteiger partial charge in [-0.1, -0.05) is 11.3 Å². The lowest BCUT2D eigenvalue weighted by Gasteiger charge is -2.25. The predicted molar refractivity (Wildman–Crippen MR) is 97.9 cm³/mol. The van der Waals surface area contributed by atoms with Crippen LogP contribution < -0.4 is 15.8 Å². The maximum Gasteiger partial charge on any atom is 0.281 e. The fraction of sp³-hybridized carbons (Fsp3) is 0.312. The first kappa shape index (κ1) is 18.7. The number of amides is 2. The molecule has 2 aromatic rings. The Morgan fingerprint density at radius 1 is 1.19 bits per heavy atom. The van der Waals surface area contributed by atoms with Crippen molar-refractivity contribution in [2.75, 3.05) is 31.2 Å². The normalized spacial score (nSPS) is 13.9. The van der Waals surface area contributed by atoms with Gasteiger partial charge in [-0.3, -0.25) is 30.6 Å². The first-order valence-corrected chi connectivity index (χ1v) is 8.92. The molecule has 2 N–H and O–H groups in total. The van der Waals surface area contributed by atoms with Crippen LogP contribution >= 0.6 is 11.3 Å². The minimum Gasteiger partial charge on any atom is -0.378 e. The number of carbonyl (C=O) groups excluding carboxylic acids is 2. The second-order valence-corrected chi connectivity index (χ2v) is 6.70. The monoisotopic (exact) mass is 391 g/mol. The molecule has 1 saturated heterocycles. The van der Waals surface area contributed by atoms with E-state index in [0.717, 1.165) is 5.13 Å². The van der Waals surface area contributed by atoms with E-state index < -0.39 is 16.7 Å². The number of hydrazine groups is 1. The van der Waals surface area contributed by atoms with Crippen LogP contribution in [0.5, 0.6) is 0 Å². The summed E-state index contributed by atoms with van der Waals surface area (Å²) in [4.78, 5) is 41.4. The van der Waals surface area contributed by atoms with Crippen LogP contribution in [-0.4, -0.2) is 48.0 Å². The number of anilines is 1. The lowest BCUT2D eigenvalue weighted by molar-refractivity contribution is -0.384. The zero-order chi connectivity index (χ0) is 19.4. The van der Waals surface area contributed by atoms with Crippen LogP contribution in [0.3, 0.4) is 0 Å². The maximum atomic E-state index is 12.4. The highest BCUT2D eigenvalue weighted by Crippen LogP contribution is 2.26. The summed E-state index contributed by atoms with van der Waals surface area (Å²) in [7, 11) is 0. The molecular weight excluding hydrogens is 374 g/mol. The van der Waals surface area contributed by atoms with Gasteiger partial charge in [-0.15, -0.1) is 0 Å². The van der Waals surface area contributed by atoms with Crippen molar-refractivity contribution in [1.29, 1.82) is 0 Å². The van der Waals surface area contributed by atoms with Crippen LogP contribution in [0, 0.1) is 17.0 Å². The van der Waals surface area contributed by atoms with Gasteiger partial charge in [0.1, 0.15) is 4.88 Å². The number of rotatable bonds is 4. The van der Waals surface area contributed by atoms with Crippen molar-refractivity contribution in [1.82, 2.24) is 15.8 Å². The van der Waals surface area contributed by atoms with E-state index >= 15 is 0 Å².